The van der Waals surface area contributed by atoms with Gasteiger partial charge in [0.25, 0.3) is 0 Å². The Balaban J connectivity index is 1.49. The summed E-state index contributed by atoms with van der Waals surface area (Å²) in [7, 11) is -3.75. The molecule has 1 heterocycles. The van der Waals surface area contributed by atoms with Crippen LogP contribution < -0.4 is 10.1 Å². The maximum Gasteiger partial charge on any atom is 0.239 e. The fourth-order valence-electron chi connectivity index (χ4n) is 3.24. The number of fused-ring (bicyclic) bond motifs is 1. The monoisotopic (exact) mass is 427 g/mol. The molecule has 0 radical (unpaired) electrons. The van der Waals surface area contributed by atoms with E-state index in [0.717, 1.165) is 28.9 Å². The maximum atomic E-state index is 12.4. The van der Waals surface area contributed by atoms with Gasteiger partial charge in [0.15, 0.2) is 9.84 Å². The molecule has 0 spiro atoms. The van der Waals surface area contributed by atoms with Crippen molar-refractivity contribution in [1.29, 1.82) is 0 Å². The topological polar surface area (TPSA) is 72.5 Å². The number of nitrogens with one attached hydrogen (secondary N) is 1. The van der Waals surface area contributed by atoms with Crippen LogP contribution >= 0.6 is 11.6 Å². The molecule has 3 aromatic carbocycles. The number of carbonyl (C=O) groups is 1. The van der Waals surface area contributed by atoms with Crippen LogP contribution in [0.5, 0.6) is 5.75 Å². The SMILES string of the molecule is O=C(CS(=O)(=O)c1ccc(Cl)cc1)Nc1cccc(-c2ccc3c(c2)CCO3)c1. The number of amides is 1. The second-order valence-electron chi connectivity index (χ2n) is 6.76. The number of benzene rings is 3. The van der Waals surface area contributed by atoms with Crippen LogP contribution in [0.3, 0.4) is 0 Å². The first kappa shape index (κ1) is 19.5. The lowest BCUT2D eigenvalue weighted by atomic mass is 10.0. The number of halogens is 1. The van der Waals surface area contributed by atoms with Crippen LogP contribution in [0.15, 0.2) is 71.6 Å². The largest absolute Gasteiger partial charge is 0.493 e. The zero-order valence-electron chi connectivity index (χ0n) is 15.4. The van der Waals surface area contributed by atoms with Gasteiger partial charge in [-0.15, -0.1) is 0 Å². The number of ether oxygens (including phenoxy) is 1. The molecule has 1 aliphatic heterocycles. The van der Waals surface area contributed by atoms with Crippen molar-refractivity contribution in [1.82, 2.24) is 0 Å². The third-order valence-electron chi connectivity index (χ3n) is 4.66. The summed E-state index contributed by atoms with van der Waals surface area (Å²) in [6.45, 7) is 0.691. The van der Waals surface area contributed by atoms with Crippen LogP contribution in [0.2, 0.25) is 5.02 Å². The molecule has 1 amide bonds. The van der Waals surface area contributed by atoms with E-state index in [9.17, 15) is 13.2 Å². The van der Waals surface area contributed by atoms with Gasteiger partial charge in [-0.25, -0.2) is 8.42 Å². The van der Waals surface area contributed by atoms with E-state index in [1.54, 1.807) is 6.07 Å². The lowest BCUT2D eigenvalue weighted by molar-refractivity contribution is -0.113. The fourth-order valence-corrected chi connectivity index (χ4v) is 4.50. The van der Waals surface area contributed by atoms with Gasteiger partial charge < -0.3 is 10.1 Å². The molecule has 0 atom stereocenters. The minimum Gasteiger partial charge on any atom is -0.493 e. The van der Waals surface area contributed by atoms with Crippen LogP contribution in [0.1, 0.15) is 5.56 Å². The van der Waals surface area contributed by atoms with Crippen LogP contribution in [0.4, 0.5) is 5.69 Å². The van der Waals surface area contributed by atoms with Crippen LogP contribution in [0.25, 0.3) is 11.1 Å². The third kappa shape index (κ3) is 4.44. The summed E-state index contributed by atoms with van der Waals surface area (Å²) in [5, 5.41) is 3.11. The van der Waals surface area contributed by atoms with Gasteiger partial charge in [-0.05, 0) is 65.2 Å². The zero-order valence-corrected chi connectivity index (χ0v) is 17.0. The summed E-state index contributed by atoms with van der Waals surface area (Å²) in [5.41, 5.74) is 3.64. The number of carbonyl (C=O) groups excluding carboxylic acids is 1. The molecular weight excluding hydrogens is 410 g/mol. The van der Waals surface area contributed by atoms with E-state index in [1.807, 2.05) is 30.3 Å². The molecule has 0 saturated heterocycles. The molecular formula is C22H18ClNO4S. The van der Waals surface area contributed by atoms with Crippen molar-refractivity contribution in [3.63, 3.8) is 0 Å². The number of hydrogen-bond acceptors (Lipinski definition) is 4. The van der Waals surface area contributed by atoms with E-state index in [0.29, 0.717) is 17.3 Å². The average Bonchev–Trinajstić information content (AvgIpc) is 3.16. The Labute approximate surface area is 174 Å². The highest BCUT2D eigenvalue weighted by atomic mass is 35.5. The van der Waals surface area contributed by atoms with Crippen molar-refractivity contribution in [2.45, 2.75) is 11.3 Å². The van der Waals surface area contributed by atoms with Gasteiger partial charge >= 0.3 is 0 Å². The Morgan fingerprint density at radius 3 is 2.55 bits per heavy atom. The highest BCUT2D eigenvalue weighted by Gasteiger charge is 2.19. The summed E-state index contributed by atoms with van der Waals surface area (Å²) in [5.74, 6) is -0.334. The van der Waals surface area contributed by atoms with Crippen molar-refractivity contribution >= 4 is 33.0 Å². The molecule has 29 heavy (non-hydrogen) atoms. The van der Waals surface area contributed by atoms with E-state index in [2.05, 4.69) is 11.4 Å². The molecule has 0 unspecified atom stereocenters. The second kappa shape index (κ2) is 7.89. The van der Waals surface area contributed by atoms with Crippen LogP contribution in [-0.2, 0) is 21.1 Å². The van der Waals surface area contributed by atoms with Gasteiger partial charge in [0.2, 0.25) is 5.91 Å². The van der Waals surface area contributed by atoms with Crippen molar-refractivity contribution in [2.75, 3.05) is 17.7 Å². The fraction of sp³-hybridized carbons (Fsp3) is 0.136. The van der Waals surface area contributed by atoms with Gasteiger partial charge in [-0.1, -0.05) is 29.8 Å². The molecule has 7 heteroatoms. The molecule has 0 fully saturated rings. The first-order chi connectivity index (χ1) is 13.9. The van der Waals surface area contributed by atoms with Gasteiger partial charge in [-0.2, -0.15) is 0 Å². The second-order valence-corrected chi connectivity index (χ2v) is 9.19. The molecule has 148 valence electrons. The first-order valence-electron chi connectivity index (χ1n) is 9.05. The number of sulfone groups is 1. The first-order valence-corrected chi connectivity index (χ1v) is 11.1. The Morgan fingerprint density at radius 2 is 1.76 bits per heavy atom. The molecule has 3 aromatic rings. The highest BCUT2D eigenvalue weighted by Crippen LogP contribution is 2.31. The van der Waals surface area contributed by atoms with E-state index < -0.39 is 21.5 Å². The van der Waals surface area contributed by atoms with Crippen molar-refractivity contribution < 1.29 is 17.9 Å². The van der Waals surface area contributed by atoms with Gasteiger partial charge in [-0.3, -0.25) is 4.79 Å². The molecule has 0 aliphatic carbocycles. The van der Waals surface area contributed by atoms with Gasteiger partial charge in [0, 0.05) is 17.1 Å². The van der Waals surface area contributed by atoms with E-state index in [1.165, 1.54) is 24.3 Å². The normalized spacial score (nSPS) is 12.9. The predicted octanol–water partition coefficient (Wildman–Crippen LogP) is 4.35. The van der Waals surface area contributed by atoms with Gasteiger partial charge in [0.1, 0.15) is 11.5 Å². The molecule has 0 bridgehead atoms. The molecule has 0 aromatic heterocycles. The van der Waals surface area contributed by atoms with Crippen LogP contribution in [0, 0.1) is 0 Å². The molecule has 0 saturated carbocycles. The third-order valence-corrected chi connectivity index (χ3v) is 6.55. The Morgan fingerprint density at radius 1 is 1.00 bits per heavy atom. The molecule has 1 aliphatic rings. The van der Waals surface area contributed by atoms with Crippen molar-refractivity contribution in [3.8, 4) is 16.9 Å². The summed E-state index contributed by atoms with van der Waals surface area (Å²) >= 11 is 5.79. The number of anilines is 1. The highest BCUT2D eigenvalue weighted by molar-refractivity contribution is 7.92. The van der Waals surface area contributed by atoms with Crippen molar-refractivity contribution in [2.24, 2.45) is 0 Å². The summed E-state index contributed by atoms with van der Waals surface area (Å²) in [6, 6.07) is 19.1. The van der Waals surface area contributed by atoms with Crippen molar-refractivity contribution in [3.05, 3.63) is 77.3 Å². The smallest absolute Gasteiger partial charge is 0.239 e. The Kier molecular flexibility index (Phi) is 5.30. The minimum atomic E-state index is -3.75. The Hall–Kier alpha value is -2.83. The minimum absolute atomic E-state index is 0.0613. The predicted molar refractivity (Wildman–Crippen MR) is 113 cm³/mol. The van der Waals surface area contributed by atoms with Crippen LogP contribution in [-0.4, -0.2) is 26.7 Å². The van der Waals surface area contributed by atoms with E-state index in [4.69, 9.17) is 16.3 Å². The average molecular weight is 428 g/mol. The van der Waals surface area contributed by atoms with E-state index >= 15 is 0 Å². The summed E-state index contributed by atoms with van der Waals surface area (Å²) in [6.07, 6.45) is 0.877. The quantitative estimate of drug-likeness (QED) is 0.656. The lowest BCUT2D eigenvalue weighted by Crippen LogP contribution is -2.23. The van der Waals surface area contributed by atoms with Gasteiger partial charge in [0.05, 0.1) is 11.5 Å². The summed E-state index contributed by atoms with van der Waals surface area (Å²) < 4.78 is 30.4. The number of hydrogen-bond donors (Lipinski definition) is 1. The maximum absolute atomic E-state index is 12.4. The molecule has 1 N–H and O–H groups in total. The van der Waals surface area contributed by atoms with E-state index in [-0.39, 0.29) is 4.90 Å². The number of rotatable bonds is 5. The summed E-state index contributed by atoms with van der Waals surface area (Å²) in [4.78, 5) is 12.4. The standard InChI is InChI=1S/C22H18ClNO4S/c23-18-5-7-20(8-6-18)29(26,27)14-22(25)24-19-3-1-2-15(13-19)16-4-9-21-17(12-16)10-11-28-21/h1-9,12-13H,10-11,14H2,(H,24,25). The lowest BCUT2D eigenvalue weighted by Gasteiger charge is -2.09. The molecule has 5 nitrogen and oxygen atoms in total. The zero-order chi connectivity index (χ0) is 20.4. The molecule has 4 rings (SSSR count). The Bertz CT molecular complexity index is 1170.